The molecule has 4 rings (SSSR count). The first-order valence-corrected chi connectivity index (χ1v) is 11.5. The third kappa shape index (κ3) is 3.42. The van der Waals surface area contributed by atoms with E-state index < -0.39 is 5.97 Å². The Balaban J connectivity index is 2.30. The van der Waals surface area contributed by atoms with Crippen LogP contribution in [0, 0.1) is 10.7 Å². The van der Waals surface area contributed by atoms with Gasteiger partial charge in [0.2, 0.25) is 0 Å². The molecule has 5 nitrogen and oxygen atoms in total. The molecule has 2 aromatic rings. The molecule has 0 saturated heterocycles. The summed E-state index contributed by atoms with van der Waals surface area (Å²) in [7, 11) is 1.59. The minimum Gasteiger partial charge on any atom is -0.494 e. The molecule has 0 saturated carbocycles. The number of fused-ring (bicyclic) bond motifs is 2. The van der Waals surface area contributed by atoms with E-state index in [0.717, 1.165) is 18.1 Å². The largest absolute Gasteiger partial charge is 0.494 e. The zero-order valence-electron chi connectivity index (χ0n) is 14.8. The molecule has 2 aromatic carbocycles. The lowest BCUT2D eigenvalue weighted by Crippen LogP contribution is -2.08. The van der Waals surface area contributed by atoms with Crippen molar-refractivity contribution in [3.05, 3.63) is 69.0 Å². The van der Waals surface area contributed by atoms with Crippen molar-refractivity contribution in [2.24, 2.45) is 0 Å². The Kier molecular flexibility index (Phi) is 5.77. The highest BCUT2D eigenvalue weighted by molar-refractivity contribution is 14.1. The van der Waals surface area contributed by atoms with Crippen LogP contribution in [0.4, 0.5) is 0 Å². The van der Waals surface area contributed by atoms with Crippen LogP contribution >= 0.6 is 67.8 Å². The third-order valence-electron chi connectivity index (χ3n) is 4.57. The summed E-state index contributed by atoms with van der Waals surface area (Å²) in [6, 6.07) is 12.0. The first-order valence-electron chi connectivity index (χ1n) is 8.28. The number of carboxylic acids is 1. The molecule has 0 bridgehead atoms. The summed E-state index contributed by atoms with van der Waals surface area (Å²) < 4.78 is 13.8. The number of ether oxygens (including phenoxy) is 1. The molecule has 0 fully saturated rings. The Morgan fingerprint density at radius 3 is 2.45 bits per heavy atom. The molecule has 0 amide bonds. The van der Waals surface area contributed by atoms with Gasteiger partial charge in [-0.1, -0.05) is 18.2 Å². The summed E-state index contributed by atoms with van der Waals surface area (Å²) >= 11 is 6.32. The van der Waals surface area contributed by atoms with Gasteiger partial charge >= 0.3 is 5.97 Å². The number of hydrogen-bond acceptors (Lipinski definition) is 4. The first-order chi connectivity index (χ1) is 13.8. The molecule has 0 aromatic heterocycles. The zero-order valence-corrected chi connectivity index (χ0v) is 21.2. The van der Waals surface area contributed by atoms with Gasteiger partial charge in [0, 0.05) is 16.5 Å². The predicted molar refractivity (Wildman–Crippen MR) is 136 cm³/mol. The Morgan fingerprint density at radius 2 is 1.76 bits per heavy atom. The molecule has 2 aliphatic rings. The highest BCUT2D eigenvalue weighted by Crippen LogP contribution is 2.46. The van der Waals surface area contributed by atoms with E-state index in [1.807, 2.05) is 28.7 Å². The summed E-state index contributed by atoms with van der Waals surface area (Å²) in [5.41, 5.74) is 2.56. The van der Waals surface area contributed by atoms with Gasteiger partial charge in [-0.3, -0.25) is 4.79 Å². The molecular formula is C21H11I3O5. The number of rotatable bonds is 3. The van der Waals surface area contributed by atoms with E-state index in [0.29, 0.717) is 31.8 Å². The SMILES string of the molecule is COc1c(I)cc2c(-c3ccccc3C(=O)O)c3ccc(=O)c(I)c-3oc2c1I. The Hall–Kier alpha value is -1.41. The lowest BCUT2D eigenvalue weighted by molar-refractivity contribution is 0.0697. The molecule has 0 unspecified atom stereocenters. The Morgan fingerprint density at radius 1 is 1.03 bits per heavy atom. The van der Waals surface area contributed by atoms with Crippen LogP contribution in [-0.2, 0) is 0 Å². The van der Waals surface area contributed by atoms with Crippen molar-refractivity contribution in [3.8, 4) is 28.2 Å². The fraction of sp³-hybridized carbons (Fsp3) is 0.0476. The lowest BCUT2D eigenvalue weighted by atomic mass is 9.91. The van der Waals surface area contributed by atoms with Gasteiger partial charge in [0.1, 0.15) is 9.32 Å². The van der Waals surface area contributed by atoms with Gasteiger partial charge in [-0.25, -0.2) is 4.79 Å². The normalized spacial score (nSPS) is 11.2. The van der Waals surface area contributed by atoms with Gasteiger partial charge in [0.25, 0.3) is 0 Å². The van der Waals surface area contributed by atoms with Gasteiger partial charge < -0.3 is 14.3 Å². The number of halogens is 3. The molecule has 8 heteroatoms. The maximum absolute atomic E-state index is 12.3. The van der Waals surface area contributed by atoms with Crippen LogP contribution < -0.4 is 10.2 Å². The average molecular weight is 724 g/mol. The smallest absolute Gasteiger partial charge is 0.336 e. The minimum absolute atomic E-state index is 0.147. The molecule has 29 heavy (non-hydrogen) atoms. The van der Waals surface area contributed by atoms with Crippen molar-refractivity contribution in [2.75, 3.05) is 7.11 Å². The lowest BCUT2D eigenvalue weighted by Gasteiger charge is -2.19. The second-order valence-electron chi connectivity index (χ2n) is 6.16. The third-order valence-corrected chi connectivity index (χ3v) is 7.37. The monoisotopic (exact) mass is 724 g/mol. The van der Waals surface area contributed by atoms with E-state index in [1.165, 1.54) is 6.07 Å². The first kappa shape index (κ1) is 20.8. The van der Waals surface area contributed by atoms with E-state index in [4.69, 9.17) is 9.15 Å². The summed E-state index contributed by atoms with van der Waals surface area (Å²) in [5.74, 6) is 0.0882. The number of carbonyl (C=O) groups is 1. The van der Waals surface area contributed by atoms with Gasteiger partial charge in [-0.15, -0.1) is 0 Å². The fourth-order valence-electron chi connectivity index (χ4n) is 3.32. The number of aromatic carboxylic acids is 1. The van der Waals surface area contributed by atoms with Crippen LogP contribution in [0.15, 0.2) is 51.7 Å². The fourth-order valence-corrected chi connectivity index (χ4v) is 6.13. The Bertz CT molecular complexity index is 1330. The average Bonchev–Trinajstić information content (AvgIpc) is 2.70. The number of carboxylic acid groups (broad SMARTS) is 1. The molecule has 0 radical (unpaired) electrons. The van der Waals surface area contributed by atoms with Gasteiger partial charge in [0.15, 0.2) is 16.8 Å². The summed E-state index contributed by atoms with van der Waals surface area (Å²) in [6.45, 7) is 0. The van der Waals surface area contributed by atoms with Crippen molar-refractivity contribution in [3.63, 3.8) is 0 Å². The zero-order chi connectivity index (χ0) is 20.9. The second kappa shape index (κ2) is 8.02. The van der Waals surface area contributed by atoms with Crippen molar-refractivity contribution in [1.29, 1.82) is 0 Å². The van der Waals surface area contributed by atoms with Crippen LogP contribution in [0.1, 0.15) is 10.4 Å². The van der Waals surface area contributed by atoms with Crippen LogP contribution in [0.25, 0.3) is 33.4 Å². The molecule has 1 N–H and O–H groups in total. The van der Waals surface area contributed by atoms with Crippen LogP contribution in [0.2, 0.25) is 0 Å². The highest BCUT2D eigenvalue weighted by Gasteiger charge is 2.26. The van der Waals surface area contributed by atoms with Gasteiger partial charge in [0.05, 0.1) is 19.8 Å². The summed E-state index contributed by atoms with van der Waals surface area (Å²) in [4.78, 5) is 24.2. The van der Waals surface area contributed by atoms with Gasteiger partial charge in [-0.05, 0) is 97.6 Å². The standard InChI is InChI=1S/C21H11I3O5/c1-28-20-13(22)8-12-15(9-4-2-3-5-10(9)21(26)27)11-6-7-14(25)16(23)18(11)29-19(12)17(20)24/h2-8H,1H3,(H,26,27). The van der Waals surface area contributed by atoms with E-state index in [9.17, 15) is 14.7 Å². The maximum atomic E-state index is 12.3. The number of benzene rings is 3. The molecular weight excluding hydrogens is 713 g/mol. The second-order valence-corrected chi connectivity index (χ2v) is 9.48. The van der Waals surface area contributed by atoms with E-state index in [2.05, 4.69) is 45.2 Å². The maximum Gasteiger partial charge on any atom is 0.336 e. The van der Waals surface area contributed by atoms with Crippen LogP contribution in [0.3, 0.4) is 0 Å². The van der Waals surface area contributed by atoms with E-state index in [-0.39, 0.29) is 11.0 Å². The highest BCUT2D eigenvalue weighted by atomic mass is 127. The minimum atomic E-state index is -1.02. The molecule has 146 valence electrons. The topological polar surface area (TPSA) is 76.7 Å². The number of hydrogen-bond donors (Lipinski definition) is 1. The molecule has 0 atom stereocenters. The molecule has 1 aliphatic carbocycles. The number of methoxy groups -OCH3 is 1. The molecule has 0 spiro atoms. The molecule has 1 aliphatic heterocycles. The molecule has 1 heterocycles. The van der Waals surface area contributed by atoms with Crippen LogP contribution in [-0.4, -0.2) is 18.2 Å². The predicted octanol–water partition coefficient (Wildman–Crippen LogP) is 6.09. The van der Waals surface area contributed by atoms with Crippen molar-refractivity contribution < 1.29 is 19.1 Å². The quantitative estimate of drug-likeness (QED) is 0.205. The Labute approximate surface area is 206 Å². The van der Waals surface area contributed by atoms with Crippen molar-refractivity contribution in [2.45, 2.75) is 0 Å². The van der Waals surface area contributed by atoms with Gasteiger partial charge in [-0.2, -0.15) is 0 Å². The van der Waals surface area contributed by atoms with Crippen molar-refractivity contribution >= 4 is 84.7 Å². The van der Waals surface area contributed by atoms with E-state index in [1.54, 1.807) is 37.4 Å². The summed E-state index contributed by atoms with van der Waals surface area (Å²) in [5, 5.41) is 10.5. The van der Waals surface area contributed by atoms with Crippen molar-refractivity contribution in [1.82, 2.24) is 0 Å². The van der Waals surface area contributed by atoms with Crippen LogP contribution in [0.5, 0.6) is 5.75 Å². The summed E-state index contributed by atoms with van der Waals surface area (Å²) in [6.07, 6.45) is 0. The van der Waals surface area contributed by atoms with E-state index >= 15 is 0 Å².